The van der Waals surface area contributed by atoms with Crippen LogP contribution in [0.5, 0.6) is 5.75 Å². The number of sulfonamides is 1. The van der Waals surface area contributed by atoms with Crippen LogP contribution in [-0.4, -0.2) is 72.2 Å². The fourth-order valence-electron chi connectivity index (χ4n) is 3.81. The zero-order valence-corrected chi connectivity index (χ0v) is 19.4. The molecular weight excluding hydrogens is 438 g/mol. The summed E-state index contributed by atoms with van der Waals surface area (Å²) in [6, 6.07) is 4.34. The lowest BCUT2D eigenvalue weighted by Crippen LogP contribution is -2.68. The van der Waals surface area contributed by atoms with E-state index in [1.165, 1.54) is 29.7 Å². The maximum Gasteiger partial charge on any atom is 0.262 e. The first-order chi connectivity index (χ1) is 14.9. The molecule has 2 rings (SSSR count). The van der Waals surface area contributed by atoms with Crippen molar-refractivity contribution in [2.75, 3.05) is 26.2 Å². The lowest BCUT2D eigenvalue weighted by atomic mass is 10.0. The van der Waals surface area contributed by atoms with Crippen molar-refractivity contribution in [3.63, 3.8) is 0 Å². The molecule has 11 heteroatoms. The van der Waals surface area contributed by atoms with Crippen molar-refractivity contribution >= 4 is 22.0 Å². The molecule has 10 nitrogen and oxygen atoms in total. The Morgan fingerprint density at radius 1 is 1.28 bits per heavy atom. The topological polar surface area (TPSA) is 136 Å². The lowest BCUT2D eigenvalue weighted by molar-refractivity contribution is -0.917. The van der Waals surface area contributed by atoms with Crippen molar-refractivity contribution in [3.8, 4) is 17.6 Å². The Morgan fingerprint density at radius 2 is 1.91 bits per heavy atom. The van der Waals surface area contributed by atoms with Gasteiger partial charge in [-0.05, 0) is 52.0 Å². The number of nitrogens with zero attached hydrogens (tertiary/aromatic N) is 2. The summed E-state index contributed by atoms with van der Waals surface area (Å²) >= 11 is 0. The first-order valence-corrected chi connectivity index (χ1v) is 11.5. The van der Waals surface area contributed by atoms with Crippen molar-refractivity contribution < 1.29 is 37.5 Å². The minimum absolute atomic E-state index is 0.0405. The van der Waals surface area contributed by atoms with Crippen LogP contribution in [0.3, 0.4) is 0 Å². The molecule has 176 valence electrons. The highest BCUT2D eigenvalue weighted by atomic mass is 32.2. The van der Waals surface area contributed by atoms with E-state index in [0.29, 0.717) is 5.75 Å². The number of carbonyl (C=O) groups is 2. The molecule has 2 atom stereocenters. The quantitative estimate of drug-likeness (QED) is 0.275. The Balaban J connectivity index is 2.43. The van der Waals surface area contributed by atoms with Crippen molar-refractivity contribution in [2.45, 2.75) is 50.6 Å². The third-order valence-electron chi connectivity index (χ3n) is 5.80. The molecule has 1 saturated heterocycles. The molecule has 1 aliphatic rings. The number of hydrogen-bond acceptors (Lipinski definition) is 7. The monoisotopic (exact) mass is 467 g/mol. The number of quaternary nitrogens is 1. The average Bonchev–Trinajstić information content (AvgIpc) is 2.95. The third kappa shape index (κ3) is 5.05. The maximum absolute atomic E-state index is 13.4. The highest BCUT2D eigenvalue weighted by Gasteiger charge is 2.49. The number of hydrogen-bond donors (Lipinski definition) is 2. The SMILES string of the molecule is CC#CCOc1ccc(S(=O)(=O)N2CC[N+](C(=O)[O-])(C(C)(C)C)CCC2C(=O)NO)cc1. The van der Waals surface area contributed by atoms with E-state index < -0.39 is 38.1 Å². The van der Waals surface area contributed by atoms with E-state index in [1.807, 2.05) is 0 Å². The van der Waals surface area contributed by atoms with Gasteiger partial charge in [0.2, 0.25) is 10.0 Å². The maximum atomic E-state index is 13.4. The number of ether oxygens (including phenoxy) is 1. The van der Waals surface area contributed by atoms with Gasteiger partial charge >= 0.3 is 0 Å². The van der Waals surface area contributed by atoms with Crippen molar-refractivity contribution in [1.29, 1.82) is 0 Å². The third-order valence-corrected chi connectivity index (χ3v) is 7.72. The smallest absolute Gasteiger partial charge is 0.262 e. The van der Waals surface area contributed by atoms with Crippen LogP contribution in [0, 0.1) is 11.8 Å². The minimum atomic E-state index is -4.20. The first-order valence-electron chi connectivity index (χ1n) is 10.1. The predicted molar refractivity (Wildman–Crippen MR) is 113 cm³/mol. The number of carbonyl (C=O) groups excluding carboxylic acids is 2. The van der Waals surface area contributed by atoms with Crippen LogP contribution in [-0.2, 0) is 14.8 Å². The molecule has 2 unspecified atom stereocenters. The Morgan fingerprint density at radius 3 is 2.41 bits per heavy atom. The molecule has 0 saturated carbocycles. The number of amides is 2. The van der Waals surface area contributed by atoms with E-state index >= 15 is 0 Å². The average molecular weight is 468 g/mol. The van der Waals surface area contributed by atoms with Crippen LogP contribution in [0.2, 0.25) is 0 Å². The minimum Gasteiger partial charge on any atom is -0.498 e. The molecule has 2 N–H and O–H groups in total. The second-order valence-electron chi connectivity index (χ2n) is 8.43. The Kier molecular flexibility index (Phi) is 7.90. The number of rotatable bonds is 5. The summed E-state index contributed by atoms with van der Waals surface area (Å²) in [5.41, 5.74) is 0.695. The summed E-state index contributed by atoms with van der Waals surface area (Å²) in [7, 11) is -4.20. The van der Waals surface area contributed by atoms with Crippen LogP contribution >= 0.6 is 0 Å². The molecule has 1 fully saturated rings. The van der Waals surface area contributed by atoms with E-state index in [0.717, 1.165) is 4.31 Å². The number of carboxylic acid groups (broad SMARTS) is 1. The molecule has 2 amide bonds. The van der Waals surface area contributed by atoms with Gasteiger partial charge in [0.15, 0.2) is 0 Å². The number of hydroxylamine groups is 1. The summed E-state index contributed by atoms with van der Waals surface area (Å²) in [4.78, 5) is 24.4. The molecule has 0 aromatic heterocycles. The zero-order valence-electron chi connectivity index (χ0n) is 18.6. The molecule has 0 aliphatic carbocycles. The van der Waals surface area contributed by atoms with E-state index in [1.54, 1.807) is 27.7 Å². The van der Waals surface area contributed by atoms with Crippen LogP contribution in [0.4, 0.5) is 4.79 Å². The van der Waals surface area contributed by atoms with Gasteiger partial charge < -0.3 is 14.6 Å². The second kappa shape index (κ2) is 9.87. The van der Waals surface area contributed by atoms with Gasteiger partial charge in [0, 0.05) is 6.42 Å². The lowest BCUT2D eigenvalue weighted by Gasteiger charge is -2.47. The van der Waals surface area contributed by atoms with Crippen molar-refractivity contribution in [2.24, 2.45) is 0 Å². The zero-order chi connectivity index (χ0) is 24.2. The van der Waals surface area contributed by atoms with E-state index in [-0.39, 0.29) is 37.6 Å². The number of nitrogens with one attached hydrogen (secondary N) is 1. The molecule has 0 radical (unpaired) electrons. The largest absolute Gasteiger partial charge is 0.498 e. The van der Waals surface area contributed by atoms with Crippen LogP contribution in [0.15, 0.2) is 29.2 Å². The normalized spacial score (nSPS) is 22.2. The van der Waals surface area contributed by atoms with E-state index in [9.17, 15) is 28.3 Å². The molecule has 1 aliphatic heterocycles. The summed E-state index contributed by atoms with van der Waals surface area (Å²) in [6.07, 6.45) is -1.47. The summed E-state index contributed by atoms with van der Waals surface area (Å²) in [5.74, 6) is 4.91. The standard InChI is InChI=1S/C21H29N3O7S/c1-5-6-15-31-16-7-9-17(10-8-16)32(29,30)23-12-14-24(20(26)27,21(2,3)4)13-11-18(23)19(25)22-28/h7-10,18H,11-15H2,1-4H3,(H2-,22,25,26,27,28). The van der Waals surface area contributed by atoms with Gasteiger partial charge in [-0.2, -0.15) is 4.31 Å². The van der Waals surface area contributed by atoms with Gasteiger partial charge in [0.05, 0.1) is 30.1 Å². The second-order valence-corrected chi connectivity index (χ2v) is 10.3. The molecule has 1 aromatic carbocycles. The highest BCUT2D eigenvalue weighted by molar-refractivity contribution is 7.89. The van der Waals surface area contributed by atoms with Gasteiger partial charge in [-0.3, -0.25) is 14.5 Å². The van der Waals surface area contributed by atoms with Gasteiger partial charge in [-0.25, -0.2) is 13.9 Å². The molecular formula is C21H29N3O7S. The fraction of sp³-hybridized carbons (Fsp3) is 0.524. The Bertz CT molecular complexity index is 1010. The van der Waals surface area contributed by atoms with Gasteiger partial charge in [0.1, 0.15) is 18.4 Å². The Hall–Kier alpha value is -2.65. The van der Waals surface area contributed by atoms with E-state index in [2.05, 4.69) is 11.8 Å². The van der Waals surface area contributed by atoms with Gasteiger partial charge in [-0.1, -0.05) is 5.92 Å². The molecule has 32 heavy (non-hydrogen) atoms. The fourth-order valence-corrected chi connectivity index (χ4v) is 5.42. The Labute approximate surface area is 188 Å². The molecule has 0 spiro atoms. The predicted octanol–water partition coefficient (Wildman–Crippen LogP) is 0.316. The first kappa shape index (κ1) is 25.6. The molecule has 0 bridgehead atoms. The van der Waals surface area contributed by atoms with Crippen LogP contribution in [0.1, 0.15) is 34.1 Å². The van der Waals surface area contributed by atoms with Crippen molar-refractivity contribution in [3.05, 3.63) is 24.3 Å². The summed E-state index contributed by atoms with van der Waals surface area (Å²) in [6.45, 7) is 6.59. The highest BCUT2D eigenvalue weighted by Crippen LogP contribution is 2.31. The van der Waals surface area contributed by atoms with Crippen molar-refractivity contribution in [1.82, 2.24) is 9.79 Å². The van der Waals surface area contributed by atoms with Crippen LogP contribution in [0.25, 0.3) is 0 Å². The van der Waals surface area contributed by atoms with E-state index in [4.69, 9.17) is 4.74 Å². The summed E-state index contributed by atoms with van der Waals surface area (Å²) in [5, 5.41) is 21.3. The molecule has 1 aromatic rings. The number of benzene rings is 1. The van der Waals surface area contributed by atoms with Gasteiger partial charge in [-0.15, -0.1) is 5.92 Å². The van der Waals surface area contributed by atoms with Gasteiger partial charge in [0.25, 0.3) is 12.0 Å². The molecule has 1 heterocycles. The summed E-state index contributed by atoms with van der Waals surface area (Å²) < 4.78 is 32.6. The van der Waals surface area contributed by atoms with Crippen LogP contribution < -0.4 is 15.3 Å².